The monoisotopic (exact) mass is 928 g/mol. The maximum absolute atomic E-state index is 12.2. The zero-order chi connectivity index (χ0) is 38.6. The predicted molar refractivity (Wildman–Crippen MR) is 229 cm³/mol. The summed E-state index contributed by atoms with van der Waals surface area (Å²) in [4.78, 5) is 23.5. The van der Waals surface area contributed by atoms with Gasteiger partial charge in [0.05, 0.1) is 5.69 Å². The molecule has 0 spiro atoms. The molecule has 6 heteroatoms. The first-order valence-corrected chi connectivity index (χ1v) is 20.6. The average Bonchev–Trinajstić information content (AvgIpc) is 3.60. The third-order valence-corrected chi connectivity index (χ3v) is 13.3. The van der Waals surface area contributed by atoms with Crippen LogP contribution in [0.15, 0.2) is 97.0 Å². The largest absolute Gasteiger partial charge is 0.512 e. The van der Waals surface area contributed by atoms with Crippen molar-refractivity contribution in [1.82, 2.24) is 9.97 Å². The summed E-state index contributed by atoms with van der Waals surface area (Å²) < 4.78 is 1.24. The Morgan fingerprint density at radius 2 is 1.47 bits per heavy atom. The Kier molecular flexibility index (Phi) is 13.7. The number of allylic oxidation sites excluding steroid dienone is 2. The Labute approximate surface area is 345 Å². The predicted octanol–water partition coefficient (Wildman–Crippen LogP) is 13.6. The maximum atomic E-state index is 12.2. The second-order valence-electron chi connectivity index (χ2n) is 15.8. The fourth-order valence-electron chi connectivity index (χ4n) is 7.49. The third-order valence-electron chi connectivity index (χ3n) is 12.0. The molecular weight excluding hydrogens is 873 g/mol. The van der Waals surface area contributed by atoms with E-state index >= 15 is 0 Å². The number of carbonyl (C=O) groups excluding carboxylic acids is 1. The van der Waals surface area contributed by atoms with Gasteiger partial charge in [-0.15, -0.1) is 34.9 Å². The summed E-state index contributed by atoms with van der Waals surface area (Å²) in [5.41, 5.74) is 9.27. The van der Waals surface area contributed by atoms with Crippen molar-refractivity contribution in [2.75, 3.05) is 0 Å². The minimum atomic E-state index is -0.337. The zero-order valence-corrected chi connectivity index (χ0v) is 36.9. The summed E-state index contributed by atoms with van der Waals surface area (Å²) in [7, 11) is 0. The number of hydrogen-bond donors (Lipinski definition) is 1. The second kappa shape index (κ2) is 17.9. The molecule has 55 heavy (non-hydrogen) atoms. The van der Waals surface area contributed by atoms with E-state index in [1.54, 1.807) is 0 Å². The van der Waals surface area contributed by atoms with Gasteiger partial charge in [0, 0.05) is 70.2 Å². The Bertz CT molecular complexity index is 2300. The van der Waals surface area contributed by atoms with Crippen molar-refractivity contribution in [3.63, 3.8) is 0 Å². The van der Waals surface area contributed by atoms with Crippen molar-refractivity contribution >= 4 is 38.0 Å². The van der Waals surface area contributed by atoms with Crippen molar-refractivity contribution in [2.24, 2.45) is 16.7 Å². The van der Waals surface area contributed by atoms with Gasteiger partial charge < -0.3 is 5.11 Å². The number of benzene rings is 3. The minimum absolute atomic E-state index is 0. The van der Waals surface area contributed by atoms with Crippen LogP contribution in [-0.2, 0) is 44.2 Å². The van der Waals surface area contributed by atoms with Crippen LogP contribution in [0.2, 0.25) is 0 Å². The summed E-state index contributed by atoms with van der Waals surface area (Å²) >= 11 is 1.89. The van der Waals surface area contributed by atoms with Gasteiger partial charge in [-0.05, 0) is 85.1 Å². The van der Waals surface area contributed by atoms with E-state index < -0.39 is 0 Å². The molecule has 0 amide bonds. The van der Waals surface area contributed by atoms with Gasteiger partial charge in [-0.2, -0.15) is 0 Å². The molecule has 1 radical (unpaired) electrons. The molecule has 0 atom stereocenters. The van der Waals surface area contributed by atoms with Crippen LogP contribution in [0.5, 0.6) is 0 Å². The number of rotatable bonds is 11. The molecule has 3 aromatic carbocycles. The van der Waals surface area contributed by atoms with E-state index in [1.165, 1.54) is 59.9 Å². The third kappa shape index (κ3) is 8.58. The molecule has 3 heterocycles. The van der Waals surface area contributed by atoms with Gasteiger partial charge in [-0.3, -0.25) is 14.8 Å². The SMILES string of the molecule is CC(C)Cc1ccnc2c1CCc1sc3c(-c4[c-]c5ccccc5c(-c5ccccc5)c4)nccc3c1-2.CCC(C)(CC)C(=O)/C=C(\O)C(C)(CC)CC.[Ir]. The van der Waals surface area contributed by atoms with Gasteiger partial charge in [-0.25, -0.2) is 0 Å². The molecule has 0 aliphatic heterocycles. The summed E-state index contributed by atoms with van der Waals surface area (Å²) in [6.07, 6.45) is 11.9. The van der Waals surface area contributed by atoms with Gasteiger partial charge in [-0.1, -0.05) is 120 Å². The number of aliphatic hydroxyl groups is 1. The summed E-state index contributed by atoms with van der Waals surface area (Å²) in [5, 5.41) is 13.7. The van der Waals surface area contributed by atoms with Crippen LogP contribution < -0.4 is 0 Å². The normalized spacial score (nSPS) is 12.9. The van der Waals surface area contributed by atoms with Crippen LogP contribution in [0.3, 0.4) is 0 Å². The number of fused-ring (bicyclic) bond motifs is 6. The number of carbonyl (C=O) groups is 1. The van der Waals surface area contributed by atoms with Crippen LogP contribution in [0.1, 0.15) is 97.1 Å². The summed E-state index contributed by atoms with van der Waals surface area (Å²) in [5.74, 6) is 0.916. The van der Waals surface area contributed by atoms with Gasteiger partial charge in [0.15, 0.2) is 5.78 Å². The molecule has 4 nitrogen and oxygen atoms in total. The fraction of sp³-hybridized carbons (Fsp3) is 0.367. The summed E-state index contributed by atoms with van der Waals surface area (Å²) in [6.45, 7) is 16.7. The number of nitrogens with zero attached hydrogens (tertiary/aromatic N) is 2. The van der Waals surface area contributed by atoms with Crippen molar-refractivity contribution < 1.29 is 30.0 Å². The van der Waals surface area contributed by atoms with Gasteiger partial charge in [0.25, 0.3) is 0 Å². The van der Waals surface area contributed by atoms with Crippen LogP contribution in [0, 0.1) is 22.8 Å². The molecular formula is C49H55IrN2O2S-. The van der Waals surface area contributed by atoms with E-state index in [2.05, 4.69) is 92.7 Å². The van der Waals surface area contributed by atoms with Crippen molar-refractivity contribution in [1.29, 1.82) is 0 Å². The number of pyridine rings is 2. The van der Waals surface area contributed by atoms with Gasteiger partial charge >= 0.3 is 0 Å². The van der Waals surface area contributed by atoms with Crippen molar-refractivity contribution in [3.8, 4) is 33.6 Å². The van der Waals surface area contributed by atoms with E-state index in [4.69, 9.17) is 9.97 Å². The molecule has 0 fully saturated rings. The standard InChI is InChI=1S/C34H27N2S.C15H28O2.Ir/c1-21(2)18-24-14-16-36-33-27(24)12-13-30-31(33)28-15-17-35-32(34(28)37-30)25-19-23-10-6-7-11-26(23)29(20-25)22-8-4-3-5-9-22;1-7-14(5,8-2)12(16)11-13(17)15(6,9-3)10-4;/h3-11,14-17,20-21H,12-13,18H2,1-2H3;11,16H,7-10H2,1-6H3;/q-1;;/b;12-11-;. The first-order chi connectivity index (χ1) is 26.0. The number of ketones is 1. The van der Waals surface area contributed by atoms with E-state index in [1.807, 2.05) is 65.3 Å². The Balaban J connectivity index is 0.000000276. The Morgan fingerprint density at radius 3 is 2.15 bits per heavy atom. The molecule has 0 bridgehead atoms. The number of aliphatic hydroxyl groups excluding tert-OH is 1. The smallest absolute Gasteiger partial charge is 0.164 e. The van der Waals surface area contributed by atoms with E-state index in [9.17, 15) is 9.90 Å². The molecule has 1 aliphatic rings. The molecule has 3 aromatic heterocycles. The second-order valence-corrected chi connectivity index (χ2v) is 16.9. The van der Waals surface area contributed by atoms with Crippen molar-refractivity contribution in [2.45, 2.75) is 100 Å². The van der Waals surface area contributed by atoms with E-state index in [0.717, 1.165) is 61.6 Å². The average molecular weight is 928 g/mol. The van der Waals surface area contributed by atoms with Gasteiger partial charge in [0.1, 0.15) is 5.76 Å². The number of hydrogen-bond acceptors (Lipinski definition) is 5. The summed E-state index contributed by atoms with van der Waals surface area (Å²) in [6, 6.07) is 29.5. The van der Waals surface area contributed by atoms with Crippen LogP contribution in [0.4, 0.5) is 0 Å². The van der Waals surface area contributed by atoms with E-state index in [0.29, 0.717) is 5.92 Å². The number of aromatic nitrogens is 2. The molecule has 0 saturated carbocycles. The molecule has 7 rings (SSSR count). The first kappa shape index (κ1) is 42.2. The number of aryl methyl sites for hydroxylation is 1. The molecule has 1 N–H and O–H groups in total. The zero-order valence-electron chi connectivity index (χ0n) is 33.7. The fourth-order valence-corrected chi connectivity index (χ4v) is 8.79. The topological polar surface area (TPSA) is 63.1 Å². The maximum Gasteiger partial charge on any atom is 0.164 e. The van der Waals surface area contributed by atoms with Crippen LogP contribution >= 0.6 is 11.3 Å². The Hall–Kier alpha value is -3.96. The van der Waals surface area contributed by atoms with Crippen molar-refractivity contribution in [3.05, 3.63) is 119 Å². The first-order valence-electron chi connectivity index (χ1n) is 19.8. The van der Waals surface area contributed by atoms with Crippen LogP contribution in [-0.4, -0.2) is 20.9 Å². The number of thiophene rings is 1. The van der Waals surface area contributed by atoms with Crippen LogP contribution in [0.25, 0.3) is 54.5 Å². The van der Waals surface area contributed by atoms with E-state index in [-0.39, 0.29) is 42.5 Å². The quantitative estimate of drug-likeness (QED) is 0.0799. The molecule has 0 saturated heterocycles. The van der Waals surface area contributed by atoms with Gasteiger partial charge in [0.2, 0.25) is 0 Å². The minimum Gasteiger partial charge on any atom is -0.512 e. The molecule has 1 aliphatic carbocycles. The Morgan fingerprint density at radius 1 is 0.836 bits per heavy atom. The molecule has 6 aromatic rings. The molecule has 289 valence electrons. The molecule has 0 unspecified atom stereocenters.